The van der Waals surface area contributed by atoms with Crippen molar-refractivity contribution in [2.75, 3.05) is 32.3 Å². The van der Waals surface area contributed by atoms with Crippen molar-refractivity contribution in [1.29, 1.82) is 0 Å². The van der Waals surface area contributed by atoms with Gasteiger partial charge in [0.1, 0.15) is 24.0 Å². The minimum absolute atomic E-state index is 0.0910. The maximum atomic E-state index is 13.3. The number of carbonyl (C=O) groups excluding carboxylic acids is 2. The minimum atomic E-state index is -0.977. The number of anilines is 1. The van der Waals surface area contributed by atoms with E-state index in [1.807, 2.05) is 0 Å². The molecule has 2 aliphatic rings. The Morgan fingerprint density at radius 3 is 2.46 bits per heavy atom. The molecule has 180 valence electrons. The third-order valence-electron chi connectivity index (χ3n) is 5.70. The van der Waals surface area contributed by atoms with Gasteiger partial charge in [0.05, 0.1) is 25.8 Å². The van der Waals surface area contributed by atoms with Gasteiger partial charge in [-0.05, 0) is 42.8 Å². The van der Waals surface area contributed by atoms with Crippen molar-refractivity contribution in [3.05, 3.63) is 58.1 Å². The van der Waals surface area contributed by atoms with Crippen molar-refractivity contribution in [2.24, 2.45) is 0 Å². The number of rotatable bonds is 5. The molecule has 2 aromatic carbocycles. The molecular formula is C24H21N3O7S. The molecular weight excluding hydrogens is 474 g/mol. The lowest BCUT2D eigenvalue weighted by molar-refractivity contribution is -0.132. The van der Waals surface area contributed by atoms with E-state index in [1.165, 1.54) is 30.5 Å². The molecule has 1 N–H and O–H groups in total. The second kappa shape index (κ2) is 8.91. The highest BCUT2D eigenvalue weighted by Gasteiger charge is 2.48. The molecule has 0 radical (unpaired) electrons. The third kappa shape index (κ3) is 3.83. The number of aryl methyl sites for hydroxylation is 1. The number of fused-ring (bicyclic) bond motifs is 1. The number of aliphatic hydroxyl groups is 1. The summed E-state index contributed by atoms with van der Waals surface area (Å²) in [4.78, 5) is 27.8. The van der Waals surface area contributed by atoms with Gasteiger partial charge in [0, 0.05) is 5.56 Å². The molecule has 0 saturated carbocycles. The molecule has 1 aromatic heterocycles. The number of hydrogen-bond donors (Lipinski definition) is 1. The summed E-state index contributed by atoms with van der Waals surface area (Å²) in [5.41, 5.74) is 0.742. The second-order valence-corrected chi connectivity index (χ2v) is 8.91. The van der Waals surface area contributed by atoms with E-state index < -0.39 is 17.7 Å². The zero-order valence-electron chi connectivity index (χ0n) is 19.1. The van der Waals surface area contributed by atoms with Crippen LogP contribution in [0.1, 0.15) is 22.2 Å². The lowest BCUT2D eigenvalue weighted by Gasteiger charge is -2.23. The van der Waals surface area contributed by atoms with Crippen molar-refractivity contribution in [1.82, 2.24) is 10.2 Å². The van der Waals surface area contributed by atoms with Crippen LogP contribution >= 0.6 is 11.3 Å². The average Bonchev–Trinajstić information content (AvgIpc) is 3.42. The van der Waals surface area contributed by atoms with Gasteiger partial charge in [-0.2, -0.15) is 0 Å². The van der Waals surface area contributed by atoms with Gasteiger partial charge in [-0.1, -0.05) is 17.4 Å². The van der Waals surface area contributed by atoms with Crippen LogP contribution in [0.5, 0.6) is 23.0 Å². The Balaban J connectivity index is 1.70. The van der Waals surface area contributed by atoms with Crippen LogP contribution in [-0.2, 0) is 9.59 Å². The Labute approximate surface area is 204 Å². The van der Waals surface area contributed by atoms with E-state index in [9.17, 15) is 14.7 Å². The molecule has 3 heterocycles. The van der Waals surface area contributed by atoms with Crippen molar-refractivity contribution in [3.63, 3.8) is 0 Å². The molecule has 11 heteroatoms. The molecule has 5 rings (SSSR count). The van der Waals surface area contributed by atoms with Crippen molar-refractivity contribution in [3.8, 4) is 23.0 Å². The molecule has 35 heavy (non-hydrogen) atoms. The predicted molar refractivity (Wildman–Crippen MR) is 126 cm³/mol. The Hall–Kier alpha value is -4.12. The van der Waals surface area contributed by atoms with Crippen molar-refractivity contribution in [2.45, 2.75) is 13.0 Å². The van der Waals surface area contributed by atoms with Crippen LogP contribution in [0.25, 0.3) is 5.76 Å². The average molecular weight is 496 g/mol. The zero-order chi connectivity index (χ0) is 24.7. The molecule has 1 saturated heterocycles. The number of ether oxygens (including phenoxy) is 4. The largest absolute Gasteiger partial charge is 0.507 e. The second-order valence-electron chi connectivity index (χ2n) is 7.75. The summed E-state index contributed by atoms with van der Waals surface area (Å²) in [7, 11) is 3.00. The Bertz CT molecular complexity index is 1370. The van der Waals surface area contributed by atoms with E-state index >= 15 is 0 Å². The quantitative estimate of drug-likeness (QED) is 0.323. The van der Waals surface area contributed by atoms with Gasteiger partial charge in [0.2, 0.25) is 5.13 Å². The molecule has 1 atom stereocenters. The van der Waals surface area contributed by atoms with Crippen LogP contribution in [0, 0.1) is 6.92 Å². The van der Waals surface area contributed by atoms with Crippen LogP contribution in [0.3, 0.4) is 0 Å². The SMILES string of the molecule is COc1ccc([C@H]2/C(=C(\O)c3ccc4c(c3)OCCO4)C(=O)C(=O)N2c2nnc(C)s2)cc1OC. The van der Waals surface area contributed by atoms with E-state index in [-0.39, 0.29) is 16.5 Å². The van der Waals surface area contributed by atoms with E-state index in [4.69, 9.17) is 18.9 Å². The fourth-order valence-electron chi connectivity index (χ4n) is 4.10. The summed E-state index contributed by atoms with van der Waals surface area (Å²) < 4.78 is 21.9. The lowest BCUT2D eigenvalue weighted by atomic mass is 9.95. The van der Waals surface area contributed by atoms with E-state index in [2.05, 4.69) is 10.2 Å². The summed E-state index contributed by atoms with van der Waals surface area (Å²) in [5, 5.41) is 20.3. The number of ketones is 1. The minimum Gasteiger partial charge on any atom is -0.507 e. The number of carbonyl (C=O) groups is 2. The molecule has 1 fully saturated rings. The van der Waals surface area contributed by atoms with E-state index in [1.54, 1.807) is 43.3 Å². The fraction of sp³-hybridized carbons (Fsp3) is 0.250. The highest BCUT2D eigenvalue weighted by molar-refractivity contribution is 7.15. The van der Waals surface area contributed by atoms with Gasteiger partial charge in [0.25, 0.3) is 5.78 Å². The smallest absolute Gasteiger partial charge is 0.301 e. The lowest BCUT2D eigenvalue weighted by Crippen LogP contribution is -2.29. The number of methoxy groups -OCH3 is 2. The number of nitrogens with zero attached hydrogens (tertiary/aromatic N) is 3. The Kier molecular flexibility index (Phi) is 5.77. The standard InChI is InChI=1S/C24H21N3O7S/c1-12-25-26-24(35-12)27-20(13-4-6-15(31-2)17(10-13)32-3)19(22(29)23(27)30)21(28)14-5-7-16-18(11-14)34-9-8-33-16/h4-7,10-11,20,28H,8-9H2,1-3H3/b21-19+/t20-/m0/s1. The molecule has 0 aliphatic carbocycles. The Morgan fingerprint density at radius 1 is 1.03 bits per heavy atom. The van der Waals surface area contributed by atoms with Crippen LogP contribution in [0.2, 0.25) is 0 Å². The first-order valence-corrected chi connectivity index (χ1v) is 11.5. The molecule has 3 aromatic rings. The zero-order valence-corrected chi connectivity index (χ0v) is 19.9. The van der Waals surface area contributed by atoms with E-state index in [0.717, 1.165) is 0 Å². The van der Waals surface area contributed by atoms with Gasteiger partial charge in [-0.25, -0.2) is 0 Å². The number of hydrogen-bond acceptors (Lipinski definition) is 10. The van der Waals surface area contributed by atoms with Gasteiger partial charge in [0.15, 0.2) is 23.0 Å². The van der Waals surface area contributed by atoms with Gasteiger partial charge in [-0.3, -0.25) is 14.5 Å². The normalized spacial score (nSPS) is 18.6. The Morgan fingerprint density at radius 2 is 1.77 bits per heavy atom. The molecule has 1 amide bonds. The van der Waals surface area contributed by atoms with Gasteiger partial charge >= 0.3 is 5.91 Å². The third-order valence-corrected chi connectivity index (χ3v) is 6.54. The molecule has 0 bridgehead atoms. The van der Waals surface area contributed by atoms with Gasteiger partial charge < -0.3 is 24.1 Å². The predicted octanol–water partition coefficient (Wildman–Crippen LogP) is 3.26. The monoisotopic (exact) mass is 495 g/mol. The molecule has 10 nitrogen and oxygen atoms in total. The number of benzene rings is 2. The van der Waals surface area contributed by atoms with Crippen LogP contribution in [0.15, 0.2) is 42.0 Å². The number of aromatic nitrogens is 2. The first kappa shape index (κ1) is 22.7. The summed E-state index contributed by atoms with van der Waals surface area (Å²) >= 11 is 1.17. The molecule has 0 spiro atoms. The molecule has 0 unspecified atom stereocenters. The fourth-order valence-corrected chi connectivity index (χ4v) is 4.81. The summed E-state index contributed by atoms with van der Waals surface area (Å²) in [6, 6.07) is 8.90. The number of aliphatic hydroxyl groups excluding tert-OH is 1. The number of amides is 1. The highest BCUT2D eigenvalue weighted by atomic mass is 32.1. The topological polar surface area (TPSA) is 120 Å². The molecule has 2 aliphatic heterocycles. The summed E-state index contributed by atoms with van der Waals surface area (Å²) in [5.74, 6) is -0.143. The first-order chi connectivity index (χ1) is 16.9. The van der Waals surface area contributed by atoms with Crippen LogP contribution < -0.4 is 23.8 Å². The van der Waals surface area contributed by atoms with Crippen LogP contribution in [-0.4, -0.2) is 54.4 Å². The van der Waals surface area contributed by atoms with Crippen molar-refractivity contribution < 1.29 is 33.6 Å². The van der Waals surface area contributed by atoms with Crippen molar-refractivity contribution >= 4 is 33.9 Å². The number of Topliss-reactive ketones (excluding diaryl/α,β-unsaturated/α-hetero) is 1. The van der Waals surface area contributed by atoms with Gasteiger partial charge in [-0.15, -0.1) is 10.2 Å². The van der Waals surface area contributed by atoms with E-state index in [0.29, 0.717) is 52.3 Å². The summed E-state index contributed by atoms with van der Waals surface area (Å²) in [6.07, 6.45) is 0. The summed E-state index contributed by atoms with van der Waals surface area (Å²) in [6.45, 7) is 2.53. The maximum absolute atomic E-state index is 13.3. The highest BCUT2D eigenvalue weighted by Crippen LogP contribution is 2.45. The maximum Gasteiger partial charge on any atom is 0.301 e. The van der Waals surface area contributed by atoms with Crippen LogP contribution in [0.4, 0.5) is 5.13 Å². The first-order valence-electron chi connectivity index (χ1n) is 10.7.